The van der Waals surface area contributed by atoms with Gasteiger partial charge in [-0.05, 0) is 25.5 Å². The molecule has 1 amide bonds. The van der Waals surface area contributed by atoms with Gasteiger partial charge in [0.15, 0.2) is 10.1 Å². The molecule has 0 atom stereocenters. The number of carbonyl (C=O) groups excluding carboxylic acids is 2. The summed E-state index contributed by atoms with van der Waals surface area (Å²) < 4.78 is 0.869. The van der Waals surface area contributed by atoms with E-state index in [9.17, 15) is 9.59 Å². The lowest BCUT2D eigenvalue weighted by molar-refractivity contribution is -0.116. The zero-order chi connectivity index (χ0) is 18.1. The van der Waals surface area contributed by atoms with Gasteiger partial charge in [-0.25, -0.2) is 0 Å². The number of nitrogens with zero attached hydrogens (tertiary/aromatic N) is 2. The van der Waals surface area contributed by atoms with Gasteiger partial charge in [0.2, 0.25) is 11.0 Å². The Hall–Kier alpha value is -2.19. The first-order chi connectivity index (χ1) is 12.1. The van der Waals surface area contributed by atoms with E-state index in [-0.39, 0.29) is 11.7 Å². The molecule has 0 bridgehead atoms. The highest BCUT2D eigenvalue weighted by atomic mass is 32.2. The fraction of sp³-hybridized carbons (Fsp3) is 0.294. The molecule has 2 rings (SSSR count). The molecule has 1 heterocycles. The zero-order valence-corrected chi connectivity index (χ0v) is 15.6. The highest BCUT2D eigenvalue weighted by Gasteiger charge is 2.10. The number of carbonyl (C=O) groups is 2. The van der Waals surface area contributed by atoms with Crippen molar-refractivity contribution >= 4 is 45.6 Å². The minimum Gasteiger partial charge on any atom is -0.357 e. The van der Waals surface area contributed by atoms with Crippen LogP contribution in [0.1, 0.15) is 30.1 Å². The molecule has 0 aliphatic heterocycles. The Bertz CT molecular complexity index is 746. The molecular weight excluding hydrogens is 356 g/mol. The maximum absolute atomic E-state index is 12.0. The van der Waals surface area contributed by atoms with Gasteiger partial charge >= 0.3 is 0 Å². The molecule has 0 radical (unpaired) electrons. The lowest BCUT2D eigenvalue weighted by atomic mass is 10.1. The van der Waals surface area contributed by atoms with E-state index in [1.165, 1.54) is 18.3 Å². The smallest absolute Gasteiger partial charge is 0.224 e. The fourth-order valence-corrected chi connectivity index (χ4v) is 3.77. The van der Waals surface area contributed by atoms with Crippen molar-refractivity contribution in [3.63, 3.8) is 0 Å². The molecule has 0 spiro atoms. The molecule has 0 saturated carbocycles. The first-order valence-corrected chi connectivity index (χ1v) is 9.61. The molecule has 0 saturated heterocycles. The van der Waals surface area contributed by atoms with Gasteiger partial charge in [-0.15, -0.1) is 16.8 Å². The van der Waals surface area contributed by atoms with Crippen molar-refractivity contribution in [3.05, 3.63) is 42.5 Å². The second kappa shape index (κ2) is 9.95. The summed E-state index contributed by atoms with van der Waals surface area (Å²) in [6.45, 7) is 5.78. The summed E-state index contributed by atoms with van der Waals surface area (Å²) in [5, 5.41) is 14.8. The van der Waals surface area contributed by atoms with E-state index in [1.54, 1.807) is 42.1 Å². The van der Waals surface area contributed by atoms with Crippen LogP contribution < -0.4 is 10.6 Å². The van der Waals surface area contributed by atoms with Crippen molar-refractivity contribution in [3.8, 4) is 0 Å². The Kier molecular flexibility index (Phi) is 7.62. The lowest BCUT2D eigenvalue weighted by Crippen LogP contribution is -2.13. The molecule has 6 nitrogen and oxygen atoms in total. The van der Waals surface area contributed by atoms with E-state index < -0.39 is 0 Å². The number of Topliss-reactive ketones (excluding diaryl/α,β-unsaturated/α-hetero) is 1. The van der Waals surface area contributed by atoms with Crippen molar-refractivity contribution < 1.29 is 9.59 Å². The Morgan fingerprint density at radius 2 is 2.12 bits per heavy atom. The number of amides is 1. The van der Waals surface area contributed by atoms with Crippen LogP contribution in [0, 0.1) is 0 Å². The van der Waals surface area contributed by atoms with Crippen molar-refractivity contribution in [1.82, 2.24) is 10.2 Å². The van der Waals surface area contributed by atoms with Crippen LogP contribution in [0.25, 0.3) is 0 Å². The Morgan fingerprint density at radius 1 is 1.32 bits per heavy atom. The third-order valence-electron chi connectivity index (χ3n) is 3.16. The Morgan fingerprint density at radius 3 is 2.88 bits per heavy atom. The number of para-hydroxylation sites is 1. The molecule has 132 valence electrons. The summed E-state index contributed by atoms with van der Waals surface area (Å²) in [7, 11) is 0. The molecular formula is C17H20N4O2S2. The average molecular weight is 377 g/mol. The van der Waals surface area contributed by atoms with Gasteiger partial charge in [-0.1, -0.05) is 41.3 Å². The fourth-order valence-electron chi connectivity index (χ4n) is 2.00. The van der Waals surface area contributed by atoms with Crippen LogP contribution in [0.5, 0.6) is 0 Å². The van der Waals surface area contributed by atoms with Gasteiger partial charge in [0.25, 0.3) is 0 Å². The SMILES string of the molecule is C=CCNc1nnc(SCCCC(=O)Nc2ccccc2C(C)=O)s1. The summed E-state index contributed by atoms with van der Waals surface area (Å²) >= 11 is 3.06. The number of nitrogens with one attached hydrogen (secondary N) is 2. The van der Waals surface area contributed by atoms with Crippen LogP contribution in [-0.4, -0.2) is 34.2 Å². The Balaban J connectivity index is 1.73. The number of benzene rings is 1. The average Bonchev–Trinajstić information content (AvgIpc) is 3.05. The van der Waals surface area contributed by atoms with Gasteiger partial charge in [0.05, 0.1) is 5.69 Å². The molecule has 2 N–H and O–H groups in total. The summed E-state index contributed by atoms with van der Waals surface area (Å²) in [6.07, 6.45) is 2.87. The monoisotopic (exact) mass is 376 g/mol. The highest BCUT2D eigenvalue weighted by Crippen LogP contribution is 2.26. The molecule has 1 aromatic carbocycles. The van der Waals surface area contributed by atoms with Crippen molar-refractivity contribution in [2.75, 3.05) is 22.9 Å². The van der Waals surface area contributed by atoms with E-state index in [4.69, 9.17) is 0 Å². The third kappa shape index (κ3) is 6.32. The quantitative estimate of drug-likeness (QED) is 0.284. The Labute approximate surface area is 155 Å². The molecule has 0 fully saturated rings. The molecule has 0 aliphatic rings. The van der Waals surface area contributed by atoms with Crippen molar-refractivity contribution in [2.45, 2.75) is 24.1 Å². The minimum atomic E-state index is -0.0973. The topological polar surface area (TPSA) is 84.0 Å². The molecule has 8 heteroatoms. The number of anilines is 2. The van der Waals surface area contributed by atoms with Gasteiger partial charge in [-0.3, -0.25) is 9.59 Å². The number of hydrogen-bond acceptors (Lipinski definition) is 7. The number of aromatic nitrogens is 2. The molecule has 1 aromatic heterocycles. The zero-order valence-electron chi connectivity index (χ0n) is 13.9. The molecule has 0 aliphatic carbocycles. The van der Waals surface area contributed by atoms with Crippen LogP contribution in [-0.2, 0) is 4.79 Å². The van der Waals surface area contributed by atoms with Crippen LogP contribution in [0.4, 0.5) is 10.8 Å². The standard InChI is InChI=1S/C17H20N4O2S2/c1-3-10-18-16-20-21-17(25-16)24-11-6-9-15(23)19-14-8-5-4-7-13(14)12(2)22/h3-5,7-8H,1,6,9-11H2,2H3,(H,18,20)(H,19,23). The highest BCUT2D eigenvalue weighted by molar-refractivity contribution is 8.01. The number of thioether (sulfide) groups is 1. The maximum Gasteiger partial charge on any atom is 0.224 e. The number of rotatable bonds is 10. The van der Waals surface area contributed by atoms with E-state index in [1.807, 2.05) is 0 Å². The van der Waals surface area contributed by atoms with E-state index in [2.05, 4.69) is 27.4 Å². The van der Waals surface area contributed by atoms with E-state index in [0.717, 1.165) is 15.2 Å². The van der Waals surface area contributed by atoms with E-state index in [0.29, 0.717) is 30.6 Å². The summed E-state index contributed by atoms with van der Waals surface area (Å²) in [5.41, 5.74) is 1.09. The number of ketones is 1. The second-order valence-electron chi connectivity index (χ2n) is 5.14. The van der Waals surface area contributed by atoms with Gasteiger partial charge in [0.1, 0.15) is 0 Å². The maximum atomic E-state index is 12.0. The van der Waals surface area contributed by atoms with Gasteiger partial charge < -0.3 is 10.6 Å². The summed E-state index contributed by atoms with van der Waals surface area (Å²) in [5.74, 6) is 0.612. The van der Waals surface area contributed by atoms with Gasteiger partial charge in [0, 0.05) is 24.3 Å². The molecule has 25 heavy (non-hydrogen) atoms. The summed E-state index contributed by atoms with van der Waals surface area (Å²) in [4.78, 5) is 23.6. The van der Waals surface area contributed by atoms with Crippen LogP contribution in [0.15, 0.2) is 41.3 Å². The van der Waals surface area contributed by atoms with Crippen LogP contribution in [0.3, 0.4) is 0 Å². The first kappa shape index (κ1) is 19.1. The summed E-state index contributed by atoms with van der Waals surface area (Å²) in [6, 6.07) is 7.03. The second-order valence-corrected chi connectivity index (χ2v) is 7.46. The van der Waals surface area contributed by atoms with Gasteiger partial charge in [-0.2, -0.15) is 0 Å². The van der Waals surface area contributed by atoms with Crippen molar-refractivity contribution in [2.24, 2.45) is 0 Å². The minimum absolute atomic E-state index is 0.0661. The normalized spacial score (nSPS) is 10.3. The lowest BCUT2D eigenvalue weighted by Gasteiger charge is -2.08. The predicted octanol–water partition coefficient (Wildman–Crippen LogP) is 3.85. The number of hydrogen-bond donors (Lipinski definition) is 2. The van der Waals surface area contributed by atoms with Crippen LogP contribution >= 0.6 is 23.1 Å². The third-order valence-corrected chi connectivity index (χ3v) is 5.26. The molecule has 2 aromatic rings. The molecule has 0 unspecified atom stereocenters. The largest absolute Gasteiger partial charge is 0.357 e. The van der Waals surface area contributed by atoms with Crippen molar-refractivity contribution in [1.29, 1.82) is 0 Å². The van der Waals surface area contributed by atoms with E-state index >= 15 is 0 Å². The van der Waals surface area contributed by atoms with Crippen LogP contribution in [0.2, 0.25) is 0 Å². The first-order valence-electron chi connectivity index (χ1n) is 7.81. The predicted molar refractivity (Wildman–Crippen MR) is 104 cm³/mol.